The highest BCUT2D eigenvalue weighted by molar-refractivity contribution is 7.93. The van der Waals surface area contributed by atoms with Crippen LogP contribution in [0.15, 0.2) is 53.6 Å². The number of aromatic nitrogens is 1. The Kier molecular flexibility index (Phi) is 4.50. The number of hydrogen-bond donors (Lipinski definition) is 1. The summed E-state index contributed by atoms with van der Waals surface area (Å²) in [4.78, 5) is 4.34. The molecule has 6 nitrogen and oxygen atoms in total. The van der Waals surface area contributed by atoms with Gasteiger partial charge in [0, 0.05) is 28.7 Å². The van der Waals surface area contributed by atoms with Crippen molar-refractivity contribution in [1.29, 1.82) is 0 Å². The monoisotopic (exact) mass is 358 g/mol. The zero-order valence-corrected chi connectivity index (χ0v) is 14.9. The summed E-state index contributed by atoms with van der Waals surface area (Å²) in [6, 6.07) is 12.1. The van der Waals surface area contributed by atoms with Crippen LogP contribution < -0.4 is 14.2 Å². The largest absolute Gasteiger partial charge is 0.497 e. The molecule has 0 fully saturated rings. The van der Waals surface area contributed by atoms with Crippen LogP contribution in [-0.4, -0.2) is 27.6 Å². The lowest BCUT2D eigenvalue weighted by Crippen LogP contribution is -2.15. The van der Waals surface area contributed by atoms with Crippen LogP contribution in [0.5, 0.6) is 11.5 Å². The molecule has 0 saturated heterocycles. The Labute approximate surface area is 146 Å². The molecule has 1 aromatic heterocycles. The van der Waals surface area contributed by atoms with Gasteiger partial charge in [-0.15, -0.1) is 0 Å². The van der Waals surface area contributed by atoms with Gasteiger partial charge in [-0.05, 0) is 25.1 Å². The Hall–Kier alpha value is -2.80. The zero-order chi connectivity index (χ0) is 18.0. The predicted molar refractivity (Wildman–Crippen MR) is 96.8 cm³/mol. The quantitative estimate of drug-likeness (QED) is 0.757. The van der Waals surface area contributed by atoms with E-state index in [1.807, 2.05) is 6.07 Å². The fourth-order valence-electron chi connectivity index (χ4n) is 2.68. The second-order valence-electron chi connectivity index (χ2n) is 5.44. The molecule has 0 spiro atoms. The van der Waals surface area contributed by atoms with Crippen molar-refractivity contribution in [3.63, 3.8) is 0 Å². The van der Waals surface area contributed by atoms with Crippen LogP contribution in [0.25, 0.3) is 10.8 Å². The molecule has 1 heterocycles. The van der Waals surface area contributed by atoms with E-state index in [1.165, 1.54) is 14.2 Å². The second kappa shape index (κ2) is 6.60. The molecule has 1 N–H and O–H groups in total. The van der Waals surface area contributed by atoms with Gasteiger partial charge in [0.1, 0.15) is 16.4 Å². The highest BCUT2D eigenvalue weighted by Gasteiger charge is 2.23. The van der Waals surface area contributed by atoms with Gasteiger partial charge in [0.2, 0.25) is 0 Å². The van der Waals surface area contributed by atoms with Gasteiger partial charge in [-0.3, -0.25) is 9.71 Å². The number of methoxy groups -OCH3 is 2. The Morgan fingerprint density at radius 2 is 1.72 bits per heavy atom. The van der Waals surface area contributed by atoms with Crippen LogP contribution in [0.1, 0.15) is 5.69 Å². The molecule has 0 amide bonds. The van der Waals surface area contributed by atoms with Crippen molar-refractivity contribution in [1.82, 2.24) is 4.98 Å². The third-order valence-corrected chi connectivity index (χ3v) is 5.38. The van der Waals surface area contributed by atoms with Gasteiger partial charge in [0.15, 0.2) is 0 Å². The highest BCUT2D eigenvalue weighted by atomic mass is 32.2. The molecular formula is C18H18N2O4S. The number of rotatable bonds is 5. The molecule has 2 aromatic carbocycles. The number of benzene rings is 2. The first-order valence-corrected chi connectivity index (χ1v) is 9.04. The molecule has 25 heavy (non-hydrogen) atoms. The van der Waals surface area contributed by atoms with Gasteiger partial charge >= 0.3 is 0 Å². The smallest absolute Gasteiger partial charge is 0.264 e. The SMILES string of the molecule is COc1cc(OC)c2cnc(C)c(S(=O)(=O)Nc3ccccc3)c2c1. The Balaban J connectivity index is 2.25. The van der Waals surface area contributed by atoms with Gasteiger partial charge in [-0.2, -0.15) is 0 Å². The van der Waals surface area contributed by atoms with Crippen molar-refractivity contribution in [3.05, 3.63) is 54.4 Å². The topological polar surface area (TPSA) is 77.5 Å². The number of fused-ring (bicyclic) bond motifs is 1. The van der Waals surface area contributed by atoms with Gasteiger partial charge in [-0.25, -0.2) is 8.42 Å². The molecule has 0 bridgehead atoms. The lowest BCUT2D eigenvalue weighted by Gasteiger charge is -2.15. The van der Waals surface area contributed by atoms with Crippen molar-refractivity contribution >= 4 is 26.5 Å². The lowest BCUT2D eigenvalue weighted by atomic mass is 10.1. The number of anilines is 1. The van der Waals surface area contributed by atoms with E-state index >= 15 is 0 Å². The molecule has 0 radical (unpaired) electrons. The average Bonchev–Trinajstić information content (AvgIpc) is 2.60. The van der Waals surface area contributed by atoms with E-state index in [1.54, 1.807) is 49.5 Å². The van der Waals surface area contributed by atoms with E-state index in [-0.39, 0.29) is 4.90 Å². The molecule has 0 saturated carbocycles. The molecule has 0 aliphatic rings. The van der Waals surface area contributed by atoms with Crippen molar-refractivity contribution in [2.45, 2.75) is 11.8 Å². The first-order valence-electron chi connectivity index (χ1n) is 7.55. The maximum atomic E-state index is 13.0. The number of sulfonamides is 1. The molecule has 130 valence electrons. The van der Waals surface area contributed by atoms with Crippen molar-refractivity contribution in [2.75, 3.05) is 18.9 Å². The zero-order valence-electron chi connectivity index (χ0n) is 14.1. The predicted octanol–water partition coefficient (Wildman–Crippen LogP) is 3.36. The van der Waals surface area contributed by atoms with Crippen LogP contribution in [-0.2, 0) is 10.0 Å². The molecular weight excluding hydrogens is 340 g/mol. The number of para-hydroxylation sites is 1. The average molecular weight is 358 g/mol. The molecule has 0 aliphatic carbocycles. The van der Waals surface area contributed by atoms with Crippen molar-refractivity contribution in [2.24, 2.45) is 0 Å². The number of hydrogen-bond acceptors (Lipinski definition) is 5. The Morgan fingerprint density at radius 1 is 1.00 bits per heavy atom. The lowest BCUT2D eigenvalue weighted by molar-refractivity contribution is 0.398. The minimum atomic E-state index is -3.84. The third kappa shape index (κ3) is 3.23. The van der Waals surface area contributed by atoms with Crippen molar-refractivity contribution in [3.8, 4) is 11.5 Å². The standard InChI is InChI=1S/C18H18N2O4S/c1-12-18(25(21,22)20-13-7-5-4-6-8-13)15-9-14(23-2)10-17(24-3)16(15)11-19-12/h4-11,20H,1-3H3. The number of ether oxygens (including phenoxy) is 2. The van der Waals surface area contributed by atoms with Crippen LogP contribution in [0.3, 0.4) is 0 Å². The van der Waals surface area contributed by atoms with Crippen molar-refractivity contribution < 1.29 is 17.9 Å². The van der Waals surface area contributed by atoms with Crippen LogP contribution >= 0.6 is 0 Å². The minimum absolute atomic E-state index is 0.103. The third-order valence-electron chi connectivity index (χ3n) is 3.83. The van der Waals surface area contributed by atoms with Gasteiger partial charge in [0.25, 0.3) is 10.0 Å². The molecule has 0 unspecified atom stereocenters. The summed E-state index contributed by atoms with van der Waals surface area (Å²) in [7, 11) is -0.807. The molecule has 0 aliphatic heterocycles. The van der Waals surface area contributed by atoms with Gasteiger partial charge in [0.05, 0.1) is 19.9 Å². The first-order chi connectivity index (χ1) is 12.0. The molecule has 3 aromatic rings. The van der Waals surface area contributed by atoms with Crippen LogP contribution in [0, 0.1) is 6.92 Å². The van der Waals surface area contributed by atoms with Crippen LogP contribution in [0.4, 0.5) is 5.69 Å². The summed E-state index contributed by atoms with van der Waals surface area (Å²) >= 11 is 0. The van der Waals surface area contributed by atoms with E-state index < -0.39 is 10.0 Å². The minimum Gasteiger partial charge on any atom is -0.497 e. The number of nitrogens with zero attached hydrogens (tertiary/aromatic N) is 1. The van der Waals surface area contributed by atoms with Gasteiger partial charge < -0.3 is 9.47 Å². The fraction of sp³-hybridized carbons (Fsp3) is 0.167. The number of nitrogens with one attached hydrogen (secondary N) is 1. The van der Waals surface area contributed by atoms with Crippen LogP contribution in [0.2, 0.25) is 0 Å². The first kappa shape index (κ1) is 17.0. The number of aryl methyl sites for hydroxylation is 1. The molecule has 7 heteroatoms. The van der Waals surface area contributed by atoms with E-state index in [4.69, 9.17) is 9.47 Å². The van der Waals surface area contributed by atoms with E-state index in [2.05, 4.69) is 9.71 Å². The summed E-state index contributed by atoms with van der Waals surface area (Å²) < 4.78 is 39.2. The highest BCUT2D eigenvalue weighted by Crippen LogP contribution is 2.35. The second-order valence-corrected chi connectivity index (χ2v) is 7.05. The Morgan fingerprint density at radius 3 is 2.36 bits per heavy atom. The fourth-order valence-corrected chi connectivity index (χ4v) is 4.12. The summed E-state index contributed by atoms with van der Waals surface area (Å²) in [5.41, 5.74) is 0.875. The maximum Gasteiger partial charge on any atom is 0.264 e. The van der Waals surface area contributed by atoms with E-state index in [0.29, 0.717) is 33.7 Å². The number of pyridine rings is 1. The summed E-state index contributed by atoms with van der Waals surface area (Å²) in [5, 5.41) is 1.09. The molecule has 3 rings (SSSR count). The van der Waals surface area contributed by atoms with E-state index in [0.717, 1.165) is 0 Å². The van der Waals surface area contributed by atoms with Gasteiger partial charge in [-0.1, -0.05) is 18.2 Å². The Bertz CT molecular complexity index is 1020. The maximum absolute atomic E-state index is 13.0. The van der Waals surface area contributed by atoms with E-state index in [9.17, 15) is 8.42 Å². The normalized spacial score (nSPS) is 11.3. The summed E-state index contributed by atoms with van der Waals surface area (Å²) in [5.74, 6) is 1.00. The molecule has 0 atom stereocenters. The summed E-state index contributed by atoms with van der Waals surface area (Å²) in [6.07, 6.45) is 1.60. The summed E-state index contributed by atoms with van der Waals surface area (Å²) in [6.45, 7) is 1.66.